The van der Waals surface area contributed by atoms with Crippen molar-refractivity contribution >= 4 is 56.6 Å². The van der Waals surface area contributed by atoms with Gasteiger partial charge in [-0.3, -0.25) is 9.59 Å². The molecule has 0 unspecified atom stereocenters. The van der Waals surface area contributed by atoms with Crippen LogP contribution in [0.15, 0.2) is 34.8 Å². The first-order valence-electron chi connectivity index (χ1n) is 6.61. The second-order valence-corrected chi connectivity index (χ2v) is 6.54. The number of halogens is 3. The Morgan fingerprint density at radius 1 is 1.30 bits per heavy atom. The number of anilines is 1. The van der Waals surface area contributed by atoms with Crippen molar-refractivity contribution in [2.24, 2.45) is 7.05 Å². The summed E-state index contributed by atoms with van der Waals surface area (Å²) in [5.41, 5.74) is 0.958. The zero-order valence-electron chi connectivity index (χ0n) is 12.4. The van der Waals surface area contributed by atoms with Gasteiger partial charge >= 0.3 is 0 Å². The lowest BCUT2D eigenvalue weighted by Crippen LogP contribution is -2.35. The van der Waals surface area contributed by atoms with Crippen LogP contribution in [0, 0.1) is 0 Å². The number of nitrogens with one attached hydrogen (secondary N) is 1. The Labute approximate surface area is 152 Å². The van der Waals surface area contributed by atoms with Gasteiger partial charge in [0.1, 0.15) is 10.8 Å². The number of nitrogens with zero attached hydrogens (tertiary/aromatic N) is 2. The van der Waals surface area contributed by atoms with Crippen LogP contribution in [0.4, 0.5) is 5.69 Å². The first kappa shape index (κ1) is 17.8. The molecule has 0 atom stereocenters. The maximum absolute atomic E-state index is 12.4. The smallest absolute Gasteiger partial charge is 0.270 e. The third-order valence-corrected chi connectivity index (χ3v) is 4.74. The van der Waals surface area contributed by atoms with Gasteiger partial charge in [0.2, 0.25) is 5.91 Å². The molecule has 1 heterocycles. The van der Waals surface area contributed by atoms with Crippen LogP contribution in [0.3, 0.4) is 0 Å². The number of carbonyl (C=O) groups is 2. The van der Waals surface area contributed by atoms with Crippen molar-refractivity contribution in [3.63, 3.8) is 0 Å². The monoisotopic (exact) mass is 417 g/mol. The topological polar surface area (TPSA) is 54.3 Å². The maximum atomic E-state index is 12.4. The standard InChI is InChI=1S/C15H14BrCl2N3O2/c1-20(15(23)12-7-10(17)14(18)21(12)2)8-13(22)19-11-6-4-3-5-9(11)16/h3-7H,8H2,1-2H3,(H,19,22). The molecule has 2 aromatic rings. The number of hydrogen-bond acceptors (Lipinski definition) is 2. The highest BCUT2D eigenvalue weighted by atomic mass is 79.9. The zero-order valence-corrected chi connectivity index (χ0v) is 15.5. The summed E-state index contributed by atoms with van der Waals surface area (Å²) in [6, 6.07) is 8.72. The predicted molar refractivity (Wildman–Crippen MR) is 95.2 cm³/mol. The van der Waals surface area contributed by atoms with Crippen LogP contribution in [0.2, 0.25) is 10.2 Å². The average molecular weight is 419 g/mol. The summed E-state index contributed by atoms with van der Waals surface area (Å²) in [5, 5.41) is 3.31. The van der Waals surface area contributed by atoms with Gasteiger partial charge in [0.25, 0.3) is 5.91 Å². The van der Waals surface area contributed by atoms with Crippen molar-refractivity contribution in [1.29, 1.82) is 0 Å². The van der Waals surface area contributed by atoms with E-state index in [0.717, 1.165) is 4.47 Å². The lowest BCUT2D eigenvalue weighted by Gasteiger charge is -2.17. The number of aromatic nitrogens is 1. The van der Waals surface area contributed by atoms with E-state index in [1.807, 2.05) is 18.2 Å². The normalized spacial score (nSPS) is 10.5. The molecule has 0 aliphatic rings. The Hall–Kier alpha value is -1.50. The lowest BCUT2D eigenvalue weighted by molar-refractivity contribution is -0.116. The minimum Gasteiger partial charge on any atom is -0.331 e. The molecule has 23 heavy (non-hydrogen) atoms. The molecule has 0 saturated carbocycles. The highest BCUT2D eigenvalue weighted by Crippen LogP contribution is 2.26. The zero-order chi connectivity index (χ0) is 17.1. The van der Waals surface area contributed by atoms with Gasteiger partial charge < -0.3 is 14.8 Å². The van der Waals surface area contributed by atoms with Gasteiger partial charge in [-0.25, -0.2) is 0 Å². The predicted octanol–water partition coefficient (Wildman–Crippen LogP) is 3.81. The number of amides is 2. The van der Waals surface area contributed by atoms with Gasteiger partial charge in [-0.05, 0) is 34.1 Å². The van der Waals surface area contributed by atoms with Gasteiger partial charge in [-0.1, -0.05) is 35.3 Å². The summed E-state index contributed by atoms with van der Waals surface area (Å²) in [6.45, 7) is -0.0966. The van der Waals surface area contributed by atoms with Crippen LogP contribution >= 0.6 is 39.1 Å². The molecule has 0 fully saturated rings. The van der Waals surface area contributed by atoms with E-state index in [4.69, 9.17) is 23.2 Å². The molecule has 1 N–H and O–H groups in total. The molecule has 0 aliphatic carbocycles. The van der Waals surface area contributed by atoms with Crippen molar-refractivity contribution in [2.75, 3.05) is 18.9 Å². The van der Waals surface area contributed by atoms with Crippen molar-refractivity contribution in [1.82, 2.24) is 9.47 Å². The lowest BCUT2D eigenvalue weighted by atomic mass is 10.3. The molecule has 0 aliphatic heterocycles. The van der Waals surface area contributed by atoms with Crippen LogP contribution in [0.25, 0.3) is 0 Å². The summed E-state index contributed by atoms with van der Waals surface area (Å²) in [7, 11) is 3.17. The summed E-state index contributed by atoms with van der Waals surface area (Å²) in [5.74, 6) is -0.650. The number of carbonyl (C=O) groups excluding carboxylic acids is 2. The van der Waals surface area contributed by atoms with E-state index in [9.17, 15) is 9.59 Å². The number of rotatable bonds is 4. The second kappa shape index (κ2) is 7.38. The largest absolute Gasteiger partial charge is 0.331 e. The molecule has 0 saturated heterocycles. The van der Waals surface area contributed by atoms with Gasteiger partial charge in [-0.15, -0.1) is 0 Å². The Kier molecular flexibility index (Phi) is 5.73. The summed E-state index contributed by atoms with van der Waals surface area (Å²) in [4.78, 5) is 25.8. The summed E-state index contributed by atoms with van der Waals surface area (Å²) in [6.07, 6.45) is 0. The number of para-hydroxylation sites is 1. The fourth-order valence-corrected chi connectivity index (χ4v) is 2.74. The van der Waals surface area contributed by atoms with Crippen LogP contribution in [-0.2, 0) is 11.8 Å². The maximum Gasteiger partial charge on any atom is 0.270 e. The van der Waals surface area contributed by atoms with Gasteiger partial charge in [-0.2, -0.15) is 0 Å². The Morgan fingerprint density at radius 3 is 2.52 bits per heavy atom. The van der Waals surface area contributed by atoms with E-state index >= 15 is 0 Å². The third-order valence-electron chi connectivity index (χ3n) is 3.21. The van der Waals surface area contributed by atoms with Crippen molar-refractivity contribution in [3.05, 3.63) is 50.7 Å². The molecule has 5 nitrogen and oxygen atoms in total. The molecule has 0 spiro atoms. The third kappa shape index (κ3) is 4.07. The fraction of sp³-hybridized carbons (Fsp3) is 0.200. The Balaban J connectivity index is 2.05. The quantitative estimate of drug-likeness (QED) is 0.820. The molecule has 0 radical (unpaired) electrons. The van der Waals surface area contributed by atoms with E-state index in [2.05, 4.69) is 21.2 Å². The van der Waals surface area contributed by atoms with Gasteiger partial charge in [0, 0.05) is 18.6 Å². The molecule has 1 aromatic heterocycles. The minimum atomic E-state index is -0.344. The first-order valence-corrected chi connectivity index (χ1v) is 8.16. The Morgan fingerprint density at radius 2 is 1.96 bits per heavy atom. The molecular weight excluding hydrogens is 405 g/mol. The van der Waals surface area contributed by atoms with Crippen molar-refractivity contribution in [2.45, 2.75) is 0 Å². The van der Waals surface area contributed by atoms with Crippen molar-refractivity contribution in [3.8, 4) is 0 Å². The van der Waals surface area contributed by atoms with E-state index in [0.29, 0.717) is 16.4 Å². The number of benzene rings is 1. The van der Waals surface area contributed by atoms with E-state index in [1.165, 1.54) is 22.6 Å². The van der Waals surface area contributed by atoms with Crippen molar-refractivity contribution < 1.29 is 9.59 Å². The molecule has 122 valence electrons. The average Bonchev–Trinajstić information content (AvgIpc) is 2.76. The van der Waals surface area contributed by atoms with E-state index in [1.54, 1.807) is 13.1 Å². The van der Waals surface area contributed by atoms with Crippen LogP contribution in [0.1, 0.15) is 10.5 Å². The van der Waals surface area contributed by atoms with E-state index < -0.39 is 0 Å². The summed E-state index contributed by atoms with van der Waals surface area (Å²) < 4.78 is 2.25. The highest BCUT2D eigenvalue weighted by Gasteiger charge is 2.21. The molecule has 2 amide bonds. The molecule has 1 aromatic carbocycles. The molecule has 2 rings (SSSR count). The first-order chi connectivity index (χ1) is 10.8. The van der Waals surface area contributed by atoms with Gasteiger partial charge in [0.15, 0.2) is 0 Å². The van der Waals surface area contributed by atoms with Crippen LogP contribution in [-0.4, -0.2) is 34.9 Å². The number of likely N-dealkylation sites (N-methyl/N-ethyl adjacent to an activating group) is 1. The Bertz CT molecular complexity index is 761. The molecular formula is C15H14BrCl2N3O2. The van der Waals surface area contributed by atoms with Gasteiger partial charge in [0.05, 0.1) is 17.3 Å². The molecule has 8 heteroatoms. The summed E-state index contributed by atoms with van der Waals surface area (Å²) >= 11 is 15.2. The molecule has 0 bridgehead atoms. The SMILES string of the molecule is CN(CC(=O)Nc1ccccc1Br)C(=O)c1cc(Cl)c(Cl)n1C. The van der Waals surface area contributed by atoms with Crippen LogP contribution in [0.5, 0.6) is 0 Å². The minimum absolute atomic E-state index is 0.0966. The fourth-order valence-electron chi connectivity index (χ4n) is 1.98. The highest BCUT2D eigenvalue weighted by molar-refractivity contribution is 9.10. The van der Waals surface area contributed by atoms with E-state index in [-0.39, 0.29) is 23.5 Å². The second-order valence-electron chi connectivity index (χ2n) is 4.92. The van der Waals surface area contributed by atoms with Crippen LogP contribution < -0.4 is 5.32 Å². The number of hydrogen-bond donors (Lipinski definition) is 1.